The summed E-state index contributed by atoms with van der Waals surface area (Å²) in [5.41, 5.74) is 5.04. The predicted molar refractivity (Wildman–Crippen MR) is 72.9 cm³/mol. The van der Waals surface area contributed by atoms with Gasteiger partial charge in [-0.15, -0.1) is 0 Å². The van der Waals surface area contributed by atoms with Crippen molar-refractivity contribution in [1.82, 2.24) is 4.98 Å². The van der Waals surface area contributed by atoms with Crippen LogP contribution in [0.1, 0.15) is 30.0 Å². The highest BCUT2D eigenvalue weighted by Crippen LogP contribution is 2.43. The number of hydrogen-bond acceptors (Lipinski definition) is 2. The molecule has 18 heavy (non-hydrogen) atoms. The predicted octanol–water partition coefficient (Wildman–Crippen LogP) is 3.94. The van der Waals surface area contributed by atoms with Gasteiger partial charge in [-0.3, -0.25) is 4.98 Å². The number of benzene rings is 1. The van der Waals surface area contributed by atoms with Crippen LogP contribution in [-0.2, 0) is 0 Å². The normalized spacial score (nSPS) is 14.6. The number of rotatable bonds is 3. The molecule has 0 aliphatic heterocycles. The standard InChI is InChI=1S/C16H17NO/c1-11-10-13(18-2)7-8-14(11)15-4-3-9-17-16(15)12-5-6-12/h3-4,7-10,12H,5-6H2,1-2H3. The van der Waals surface area contributed by atoms with Crippen molar-refractivity contribution in [2.45, 2.75) is 25.7 Å². The summed E-state index contributed by atoms with van der Waals surface area (Å²) in [6.45, 7) is 2.13. The van der Waals surface area contributed by atoms with Gasteiger partial charge in [0.1, 0.15) is 5.75 Å². The quantitative estimate of drug-likeness (QED) is 0.809. The van der Waals surface area contributed by atoms with Crippen molar-refractivity contribution in [3.05, 3.63) is 47.8 Å². The van der Waals surface area contributed by atoms with Crippen molar-refractivity contribution in [2.75, 3.05) is 7.11 Å². The van der Waals surface area contributed by atoms with E-state index in [1.165, 1.54) is 35.2 Å². The Morgan fingerprint density at radius 1 is 1.17 bits per heavy atom. The first-order chi connectivity index (χ1) is 8.79. The van der Waals surface area contributed by atoms with E-state index in [1.54, 1.807) is 7.11 Å². The van der Waals surface area contributed by atoms with Crippen LogP contribution in [0.25, 0.3) is 11.1 Å². The molecule has 1 aromatic heterocycles. The smallest absolute Gasteiger partial charge is 0.119 e. The molecule has 0 atom stereocenters. The molecule has 1 aromatic carbocycles. The topological polar surface area (TPSA) is 22.1 Å². The third-order valence-corrected chi connectivity index (χ3v) is 3.53. The van der Waals surface area contributed by atoms with Crippen molar-refractivity contribution >= 4 is 0 Å². The minimum absolute atomic E-state index is 0.669. The van der Waals surface area contributed by atoms with E-state index in [0.29, 0.717) is 5.92 Å². The van der Waals surface area contributed by atoms with E-state index in [9.17, 15) is 0 Å². The van der Waals surface area contributed by atoms with Gasteiger partial charge >= 0.3 is 0 Å². The fourth-order valence-corrected chi connectivity index (χ4v) is 2.39. The molecule has 92 valence electrons. The zero-order valence-electron chi connectivity index (χ0n) is 10.8. The zero-order chi connectivity index (χ0) is 12.5. The van der Waals surface area contributed by atoms with Gasteiger partial charge in [0, 0.05) is 17.7 Å². The Hall–Kier alpha value is -1.83. The summed E-state index contributed by atoms with van der Waals surface area (Å²) in [5, 5.41) is 0. The van der Waals surface area contributed by atoms with Crippen molar-refractivity contribution in [3.8, 4) is 16.9 Å². The Labute approximate surface area is 108 Å². The molecule has 1 fully saturated rings. The number of aryl methyl sites for hydroxylation is 1. The molecule has 3 rings (SSSR count). The molecule has 1 aliphatic rings. The van der Waals surface area contributed by atoms with Crippen LogP contribution in [0.2, 0.25) is 0 Å². The molecule has 0 spiro atoms. The largest absolute Gasteiger partial charge is 0.497 e. The van der Waals surface area contributed by atoms with Crippen molar-refractivity contribution < 1.29 is 4.74 Å². The first-order valence-corrected chi connectivity index (χ1v) is 6.39. The lowest BCUT2D eigenvalue weighted by atomic mass is 9.97. The number of methoxy groups -OCH3 is 1. The van der Waals surface area contributed by atoms with Gasteiger partial charge in [-0.05, 0) is 49.1 Å². The molecule has 0 unspecified atom stereocenters. The number of aromatic nitrogens is 1. The fourth-order valence-electron chi connectivity index (χ4n) is 2.39. The summed E-state index contributed by atoms with van der Waals surface area (Å²) in [4.78, 5) is 4.57. The molecule has 1 aliphatic carbocycles. The molecule has 1 heterocycles. The second-order valence-electron chi connectivity index (χ2n) is 4.89. The van der Waals surface area contributed by atoms with Crippen LogP contribution >= 0.6 is 0 Å². The van der Waals surface area contributed by atoms with Crippen molar-refractivity contribution in [1.29, 1.82) is 0 Å². The Morgan fingerprint density at radius 2 is 2.00 bits per heavy atom. The van der Waals surface area contributed by atoms with Crippen LogP contribution < -0.4 is 4.74 Å². The van der Waals surface area contributed by atoms with Crippen LogP contribution in [-0.4, -0.2) is 12.1 Å². The number of nitrogens with zero attached hydrogens (tertiary/aromatic N) is 1. The van der Waals surface area contributed by atoms with Gasteiger partial charge < -0.3 is 4.74 Å². The number of pyridine rings is 1. The Kier molecular flexibility index (Phi) is 2.78. The average molecular weight is 239 g/mol. The minimum atomic E-state index is 0.669. The van der Waals surface area contributed by atoms with E-state index in [4.69, 9.17) is 4.74 Å². The summed E-state index contributed by atoms with van der Waals surface area (Å²) in [5.74, 6) is 1.58. The highest BCUT2D eigenvalue weighted by atomic mass is 16.5. The number of hydrogen-bond donors (Lipinski definition) is 0. The van der Waals surface area contributed by atoms with Crippen LogP contribution in [0.3, 0.4) is 0 Å². The second-order valence-corrected chi connectivity index (χ2v) is 4.89. The Balaban J connectivity index is 2.09. The van der Waals surface area contributed by atoms with Gasteiger partial charge in [-0.25, -0.2) is 0 Å². The lowest BCUT2D eigenvalue weighted by Crippen LogP contribution is -1.93. The third kappa shape index (κ3) is 1.99. The molecule has 0 radical (unpaired) electrons. The maximum Gasteiger partial charge on any atom is 0.119 e. The van der Waals surface area contributed by atoms with Crippen LogP contribution in [0.15, 0.2) is 36.5 Å². The van der Waals surface area contributed by atoms with Crippen LogP contribution in [0.4, 0.5) is 0 Å². The molecule has 2 aromatic rings. The highest BCUT2D eigenvalue weighted by Gasteiger charge is 2.27. The van der Waals surface area contributed by atoms with E-state index in [0.717, 1.165) is 5.75 Å². The van der Waals surface area contributed by atoms with E-state index in [2.05, 4.69) is 30.1 Å². The minimum Gasteiger partial charge on any atom is -0.497 e. The summed E-state index contributed by atoms with van der Waals surface area (Å²) < 4.78 is 5.26. The molecule has 0 N–H and O–H groups in total. The van der Waals surface area contributed by atoms with Gasteiger partial charge in [0.15, 0.2) is 0 Å². The highest BCUT2D eigenvalue weighted by molar-refractivity contribution is 5.71. The molecule has 1 saturated carbocycles. The van der Waals surface area contributed by atoms with Gasteiger partial charge in [0.05, 0.1) is 12.8 Å². The summed E-state index contributed by atoms with van der Waals surface area (Å²) in [6, 6.07) is 10.4. The average Bonchev–Trinajstić information content (AvgIpc) is 3.23. The van der Waals surface area contributed by atoms with Gasteiger partial charge in [0.25, 0.3) is 0 Å². The molecule has 2 nitrogen and oxygen atoms in total. The van der Waals surface area contributed by atoms with Gasteiger partial charge in [0.2, 0.25) is 0 Å². The lowest BCUT2D eigenvalue weighted by Gasteiger charge is -2.11. The molecule has 0 bridgehead atoms. The molecule has 0 amide bonds. The monoisotopic (exact) mass is 239 g/mol. The Morgan fingerprint density at radius 3 is 2.67 bits per heavy atom. The molecule has 2 heteroatoms. The summed E-state index contributed by atoms with van der Waals surface area (Å²) in [6.07, 6.45) is 4.45. The summed E-state index contributed by atoms with van der Waals surface area (Å²) >= 11 is 0. The van der Waals surface area contributed by atoms with Crippen molar-refractivity contribution in [3.63, 3.8) is 0 Å². The van der Waals surface area contributed by atoms with Gasteiger partial charge in [-0.1, -0.05) is 12.1 Å². The first kappa shape index (κ1) is 11.3. The third-order valence-electron chi connectivity index (χ3n) is 3.53. The lowest BCUT2D eigenvalue weighted by molar-refractivity contribution is 0.414. The van der Waals surface area contributed by atoms with E-state index in [1.807, 2.05) is 18.3 Å². The van der Waals surface area contributed by atoms with E-state index >= 15 is 0 Å². The molecular formula is C16H17NO. The number of ether oxygens (including phenoxy) is 1. The SMILES string of the molecule is COc1ccc(-c2cccnc2C2CC2)c(C)c1. The van der Waals surface area contributed by atoms with Crippen molar-refractivity contribution in [2.24, 2.45) is 0 Å². The zero-order valence-corrected chi connectivity index (χ0v) is 10.8. The first-order valence-electron chi connectivity index (χ1n) is 6.39. The Bertz CT molecular complexity index is 573. The molecule has 0 saturated heterocycles. The second kappa shape index (κ2) is 4.45. The maximum absolute atomic E-state index is 5.26. The fraction of sp³-hybridized carbons (Fsp3) is 0.312. The maximum atomic E-state index is 5.26. The van der Waals surface area contributed by atoms with E-state index < -0.39 is 0 Å². The molecular weight excluding hydrogens is 222 g/mol. The van der Waals surface area contributed by atoms with E-state index in [-0.39, 0.29) is 0 Å². The summed E-state index contributed by atoms with van der Waals surface area (Å²) in [7, 11) is 1.70. The van der Waals surface area contributed by atoms with Crippen LogP contribution in [0, 0.1) is 6.92 Å². The van der Waals surface area contributed by atoms with Crippen LogP contribution in [0.5, 0.6) is 5.75 Å². The van der Waals surface area contributed by atoms with Gasteiger partial charge in [-0.2, -0.15) is 0 Å².